The van der Waals surface area contributed by atoms with Gasteiger partial charge in [0.2, 0.25) is 5.91 Å². The van der Waals surface area contributed by atoms with Gasteiger partial charge in [0.25, 0.3) is 0 Å². The molecule has 0 unspecified atom stereocenters. The smallest absolute Gasteiger partial charge is 0.224 e. The minimum absolute atomic E-state index is 0.0359. The summed E-state index contributed by atoms with van der Waals surface area (Å²) in [5, 5.41) is 4.39. The number of hydrogen-bond donors (Lipinski definition) is 2. The molecule has 0 radical (unpaired) electrons. The maximum absolute atomic E-state index is 14.7. The molecule has 2 aromatic carbocycles. The van der Waals surface area contributed by atoms with E-state index in [1.54, 1.807) is 12.1 Å². The molecular formula is C23H25ClFN3O2. The number of halogens is 2. The SMILES string of the molecule is C[C@H]1CN([C@H](CNC(=O)Cc2c[nH]c3ccccc23)c2c(F)cccc2Cl)CCO1. The summed E-state index contributed by atoms with van der Waals surface area (Å²) in [5.74, 6) is -0.476. The molecule has 7 heteroatoms. The van der Waals surface area contributed by atoms with Gasteiger partial charge in [-0.3, -0.25) is 9.69 Å². The number of nitrogens with zero attached hydrogens (tertiary/aromatic N) is 1. The molecule has 0 saturated carbocycles. The number of H-pyrrole nitrogens is 1. The second-order valence-electron chi connectivity index (χ2n) is 7.67. The van der Waals surface area contributed by atoms with Crippen molar-refractivity contribution in [1.82, 2.24) is 15.2 Å². The van der Waals surface area contributed by atoms with Crippen molar-refractivity contribution >= 4 is 28.4 Å². The topological polar surface area (TPSA) is 57.4 Å². The molecule has 0 spiro atoms. The first-order valence-electron chi connectivity index (χ1n) is 10.1. The Labute approximate surface area is 180 Å². The number of rotatable bonds is 6. The van der Waals surface area contributed by atoms with E-state index in [9.17, 15) is 9.18 Å². The molecule has 2 N–H and O–H groups in total. The first kappa shape index (κ1) is 20.8. The van der Waals surface area contributed by atoms with Crippen LogP contribution in [0.4, 0.5) is 4.39 Å². The highest BCUT2D eigenvalue weighted by atomic mass is 35.5. The van der Waals surface area contributed by atoms with Crippen molar-refractivity contribution in [3.8, 4) is 0 Å². The molecule has 0 bridgehead atoms. The lowest BCUT2D eigenvalue weighted by Crippen LogP contribution is -2.47. The first-order valence-corrected chi connectivity index (χ1v) is 10.5. The number of hydrogen-bond acceptors (Lipinski definition) is 3. The number of carbonyl (C=O) groups is 1. The van der Waals surface area contributed by atoms with Crippen LogP contribution in [0.1, 0.15) is 24.1 Å². The lowest BCUT2D eigenvalue weighted by atomic mass is 10.0. The Hall–Kier alpha value is -2.41. The standard InChI is InChI=1S/C23H25ClFN3O2/c1-15-14-28(9-10-30-15)21(23-18(24)6-4-7-19(23)25)13-27-22(29)11-16-12-26-20-8-3-2-5-17(16)20/h2-8,12,15,21,26H,9-11,13-14H2,1H3,(H,27,29)/t15-,21+/m0/s1. The Morgan fingerprint density at radius 2 is 2.17 bits per heavy atom. The Morgan fingerprint density at radius 3 is 2.97 bits per heavy atom. The van der Waals surface area contributed by atoms with Gasteiger partial charge in [-0.25, -0.2) is 4.39 Å². The van der Waals surface area contributed by atoms with Crippen LogP contribution in [0.15, 0.2) is 48.7 Å². The maximum atomic E-state index is 14.7. The highest BCUT2D eigenvalue weighted by Crippen LogP contribution is 2.31. The lowest BCUT2D eigenvalue weighted by Gasteiger charge is -2.38. The van der Waals surface area contributed by atoms with Crippen molar-refractivity contribution in [2.24, 2.45) is 0 Å². The normalized spacial score (nSPS) is 18.4. The predicted molar refractivity (Wildman–Crippen MR) is 116 cm³/mol. The summed E-state index contributed by atoms with van der Waals surface area (Å²) in [5.41, 5.74) is 2.35. The van der Waals surface area contributed by atoms with E-state index in [2.05, 4.69) is 15.2 Å². The van der Waals surface area contributed by atoms with Crippen molar-refractivity contribution in [1.29, 1.82) is 0 Å². The summed E-state index contributed by atoms with van der Waals surface area (Å²) < 4.78 is 20.3. The zero-order valence-electron chi connectivity index (χ0n) is 16.8. The molecule has 1 aromatic heterocycles. The highest BCUT2D eigenvalue weighted by Gasteiger charge is 2.29. The lowest BCUT2D eigenvalue weighted by molar-refractivity contribution is -0.120. The summed E-state index contributed by atoms with van der Waals surface area (Å²) in [6.07, 6.45) is 2.15. The summed E-state index contributed by atoms with van der Waals surface area (Å²) >= 11 is 6.36. The van der Waals surface area contributed by atoms with Crippen molar-refractivity contribution in [2.45, 2.75) is 25.5 Å². The minimum atomic E-state index is -0.364. The van der Waals surface area contributed by atoms with Crippen molar-refractivity contribution in [3.05, 3.63) is 70.6 Å². The number of aromatic nitrogens is 1. The molecule has 1 saturated heterocycles. The van der Waals surface area contributed by atoms with Crippen LogP contribution in [0.5, 0.6) is 0 Å². The monoisotopic (exact) mass is 429 g/mol. The molecule has 1 aliphatic heterocycles. The van der Waals surface area contributed by atoms with Gasteiger partial charge < -0.3 is 15.0 Å². The zero-order valence-corrected chi connectivity index (χ0v) is 17.6. The predicted octanol–water partition coefficient (Wildman–Crippen LogP) is 4.08. The summed E-state index contributed by atoms with van der Waals surface area (Å²) in [6, 6.07) is 12.2. The Bertz CT molecular complexity index is 1020. The molecule has 0 aliphatic carbocycles. The van der Waals surface area contributed by atoms with Gasteiger partial charge in [-0.1, -0.05) is 35.9 Å². The van der Waals surface area contributed by atoms with E-state index in [0.29, 0.717) is 30.3 Å². The molecule has 1 fully saturated rings. The van der Waals surface area contributed by atoms with Gasteiger partial charge in [0, 0.05) is 47.3 Å². The number of nitrogens with one attached hydrogen (secondary N) is 2. The largest absolute Gasteiger partial charge is 0.376 e. The zero-order chi connectivity index (χ0) is 21.1. The second-order valence-corrected chi connectivity index (χ2v) is 8.08. The molecular weight excluding hydrogens is 405 g/mol. The Kier molecular flexibility index (Phi) is 6.37. The third-order valence-electron chi connectivity index (χ3n) is 5.56. The average Bonchev–Trinajstić information content (AvgIpc) is 3.13. The second kappa shape index (κ2) is 9.16. The van der Waals surface area contributed by atoms with Crippen LogP contribution in [0.2, 0.25) is 5.02 Å². The van der Waals surface area contributed by atoms with Gasteiger partial charge in [0.15, 0.2) is 0 Å². The number of fused-ring (bicyclic) bond motifs is 1. The minimum Gasteiger partial charge on any atom is -0.376 e. The number of ether oxygens (including phenoxy) is 1. The highest BCUT2D eigenvalue weighted by molar-refractivity contribution is 6.31. The van der Waals surface area contributed by atoms with E-state index in [-0.39, 0.29) is 36.8 Å². The van der Waals surface area contributed by atoms with E-state index < -0.39 is 0 Å². The van der Waals surface area contributed by atoms with Gasteiger partial charge in [-0.2, -0.15) is 0 Å². The number of para-hydroxylation sites is 1. The summed E-state index contributed by atoms with van der Waals surface area (Å²) in [6.45, 7) is 4.12. The summed E-state index contributed by atoms with van der Waals surface area (Å²) in [4.78, 5) is 18.0. The maximum Gasteiger partial charge on any atom is 0.224 e. The van der Waals surface area contributed by atoms with Gasteiger partial charge >= 0.3 is 0 Å². The molecule has 5 nitrogen and oxygen atoms in total. The van der Waals surface area contributed by atoms with Gasteiger partial charge in [0.05, 0.1) is 25.2 Å². The van der Waals surface area contributed by atoms with Crippen molar-refractivity contribution < 1.29 is 13.9 Å². The van der Waals surface area contributed by atoms with E-state index in [1.165, 1.54) is 6.07 Å². The Balaban J connectivity index is 1.51. The van der Waals surface area contributed by atoms with Crippen LogP contribution in [0.3, 0.4) is 0 Å². The molecule has 1 aliphatic rings. The third-order valence-corrected chi connectivity index (χ3v) is 5.89. The summed E-state index contributed by atoms with van der Waals surface area (Å²) in [7, 11) is 0. The van der Waals surface area contributed by atoms with Crippen LogP contribution in [0, 0.1) is 5.82 Å². The number of benzene rings is 2. The number of amides is 1. The van der Waals surface area contributed by atoms with Crippen LogP contribution >= 0.6 is 11.6 Å². The van der Waals surface area contributed by atoms with E-state index in [0.717, 1.165) is 16.5 Å². The van der Waals surface area contributed by atoms with E-state index >= 15 is 0 Å². The molecule has 30 heavy (non-hydrogen) atoms. The number of morpholine rings is 1. The van der Waals surface area contributed by atoms with E-state index in [1.807, 2.05) is 37.4 Å². The fourth-order valence-corrected chi connectivity index (χ4v) is 4.38. The molecule has 2 atom stereocenters. The Morgan fingerprint density at radius 1 is 1.33 bits per heavy atom. The molecule has 3 aromatic rings. The fourth-order valence-electron chi connectivity index (χ4n) is 4.10. The van der Waals surface area contributed by atoms with Crippen molar-refractivity contribution in [2.75, 3.05) is 26.2 Å². The van der Waals surface area contributed by atoms with Crippen molar-refractivity contribution in [3.63, 3.8) is 0 Å². The van der Waals surface area contributed by atoms with Gasteiger partial charge in [-0.05, 0) is 30.7 Å². The van der Waals surface area contributed by atoms with Crippen LogP contribution in [-0.2, 0) is 16.0 Å². The van der Waals surface area contributed by atoms with Gasteiger partial charge in [-0.15, -0.1) is 0 Å². The number of aromatic amines is 1. The van der Waals surface area contributed by atoms with Crippen LogP contribution in [0.25, 0.3) is 10.9 Å². The fraction of sp³-hybridized carbons (Fsp3) is 0.348. The average molecular weight is 430 g/mol. The van der Waals surface area contributed by atoms with E-state index in [4.69, 9.17) is 16.3 Å². The molecule has 158 valence electrons. The molecule has 1 amide bonds. The van der Waals surface area contributed by atoms with Crippen LogP contribution < -0.4 is 5.32 Å². The number of carbonyl (C=O) groups excluding carboxylic acids is 1. The molecule has 4 rings (SSSR count). The first-order chi connectivity index (χ1) is 14.5. The molecule has 2 heterocycles. The van der Waals surface area contributed by atoms with Crippen LogP contribution in [-0.4, -0.2) is 48.1 Å². The van der Waals surface area contributed by atoms with Gasteiger partial charge in [0.1, 0.15) is 5.82 Å². The third kappa shape index (κ3) is 4.51. The quantitative estimate of drug-likeness (QED) is 0.620.